The maximum absolute atomic E-state index is 6.06. The highest BCUT2D eigenvalue weighted by atomic mass is 35.5. The Morgan fingerprint density at radius 2 is 1.89 bits per heavy atom. The van der Waals surface area contributed by atoms with Crippen molar-refractivity contribution in [2.45, 2.75) is 32.7 Å². The number of halogens is 1. The van der Waals surface area contributed by atoms with E-state index in [-0.39, 0.29) is 0 Å². The molecule has 0 unspecified atom stereocenters. The maximum atomic E-state index is 6.06. The SMILES string of the molecule is CCCc1nnc(Cl)n1CCc1ccc(OC)cc1. The molecular weight excluding hydrogens is 262 g/mol. The smallest absolute Gasteiger partial charge is 0.225 e. The standard InChI is InChI=1S/C14H18ClN3O/c1-3-4-13-16-17-14(15)18(13)10-9-11-5-7-12(19-2)8-6-11/h5-8H,3-4,9-10H2,1-2H3. The van der Waals surface area contributed by atoms with Gasteiger partial charge in [-0.1, -0.05) is 19.1 Å². The zero-order chi connectivity index (χ0) is 13.7. The van der Waals surface area contributed by atoms with Crippen molar-refractivity contribution in [2.24, 2.45) is 0 Å². The number of rotatable bonds is 6. The van der Waals surface area contributed by atoms with E-state index in [0.717, 1.165) is 37.4 Å². The van der Waals surface area contributed by atoms with Gasteiger partial charge in [-0.15, -0.1) is 10.2 Å². The van der Waals surface area contributed by atoms with Gasteiger partial charge in [0.2, 0.25) is 5.28 Å². The summed E-state index contributed by atoms with van der Waals surface area (Å²) in [5.74, 6) is 1.83. The van der Waals surface area contributed by atoms with Crippen LogP contribution in [0.15, 0.2) is 24.3 Å². The van der Waals surface area contributed by atoms with Crippen molar-refractivity contribution in [1.29, 1.82) is 0 Å². The predicted molar refractivity (Wildman–Crippen MR) is 75.7 cm³/mol. The molecule has 0 atom stereocenters. The lowest BCUT2D eigenvalue weighted by molar-refractivity contribution is 0.414. The summed E-state index contributed by atoms with van der Waals surface area (Å²) in [5, 5.41) is 8.51. The molecule has 2 aromatic rings. The van der Waals surface area contributed by atoms with Gasteiger partial charge in [0.25, 0.3) is 0 Å². The Kier molecular flexibility index (Phi) is 4.80. The van der Waals surface area contributed by atoms with E-state index in [1.165, 1.54) is 5.56 Å². The van der Waals surface area contributed by atoms with Gasteiger partial charge in [-0.05, 0) is 42.1 Å². The van der Waals surface area contributed by atoms with E-state index in [9.17, 15) is 0 Å². The van der Waals surface area contributed by atoms with E-state index in [1.807, 2.05) is 16.7 Å². The van der Waals surface area contributed by atoms with Crippen LogP contribution >= 0.6 is 11.6 Å². The summed E-state index contributed by atoms with van der Waals surface area (Å²) in [7, 11) is 1.67. The van der Waals surface area contributed by atoms with Gasteiger partial charge >= 0.3 is 0 Å². The lowest BCUT2D eigenvalue weighted by Crippen LogP contribution is -2.06. The molecule has 102 valence electrons. The fourth-order valence-electron chi connectivity index (χ4n) is 1.98. The van der Waals surface area contributed by atoms with E-state index in [2.05, 4.69) is 29.3 Å². The Bertz CT molecular complexity index is 522. The second kappa shape index (κ2) is 6.57. The van der Waals surface area contributed by atoms with Crippen LogP contribution in [0.3, 0.4) is 0 Å². The first-order valence-electron chi connectivity index (χ1n) is 6.45. The minimum absolute atomic E-state index is 0.469. The van der Waals surface area contributed by atoms with Crippen molar-refractivity contribution in [1.82, 2.24) is 14.8 Å². The molecule has 0 fully saturated rings. The molecule has 0 spiro atoms. The molecule has 4 nitrogen and oxygen atoms in total. The molecule has 0 amide bonds. The second-order valence-electron chi connectivity index (χ2n) is 4.38. The Labute approximate surface area is 118 Å². The summed E-state index contributed by atoms with van der Waals surface area (Å²) in [6.07, 6.45) is 2.85. The molecule has 0 saturated heterocycles. The van der Waals surface area contributed by atoms with Crippen LogP contribution in [0.25, 0.3) is 0 Å². The molecule has 1 aromatic carbocycles. The van der Waals surface area contributed by atoms with Crippen LogP contribution in [-0.4, -0.2) is 21.9 Å². The molecule has 19 heavy (non-hydrogen) atoms. The van der Waals surface area contributed by atoms with E-state index in [1.54, 1.807) is 7.11 Å². The van der Waals surface area contributed by atoms with Crippen molar-refractivity contribution >= 4 is 11.6 Å². The summed E-state index contributed by atoms with van der Waals surface area (Å²) in [6, 6.07) is 8.07. The maximum Gasteiger partial charge on any atom is 0.225 e. The van der Waals surface area contributed by atoms with Gasteiger partial charge in [0, 0.05) is 13.0 Å². The predicted octanol–water partition coefficient (Wildman–Crippen LogP) is 3.14. The van der Waals surface area contributed by atoms with Crippen molar-refractivity contribution in [3.05, 3.63) is 40.9 Å². The largest absolute Gasteiger partial charge is 0.497 e. The molecule has 0 aliphatic heterocycles. The lowest BCUT2D eigenvalue weighted by atomic mass is 10.1. The van der Waals surface area contributed by atoms with Crippen LogP contribution in [0.5, 0.6) is 5.75 Å². The molecule has 0 N–H and O–H groups in total. The first-order chi connectivity index (χ1) is 9.24. The van der Waals surface area contributed by atoms with Gasteiger partial charge in [0.1, 0.15) is 11.6 Å². The summed E-state index contributed by atoms with van der Waals surface area (Å²) >= 11 is 6.06. The molecule has 0 radical (unpaired) electrons. The van der Waals surface area contributed by atoms with Crippen LogP contribution in [0.4, 0.5) is 0 Å². The molecule has 5 heteroatoms. The minimum Gasteiger partial charge on any atom is -0.497 e. The minimum atomic E-state index is 0.469. The third kappa shape index (κ3) is 3.47. The molecule has 0 bridgehead atoms. The van der Waals surface area contributed by atoms with Gasteiger partial charge in [-0.3, -0.25) is 0 Å². The van der Waals surface area contributed by atoms with Gasteiger partial charge in [-0.2, -0.15) is 0 Å². The third-order valence-electron chi connectivity index (χ3n) is 3.04. The van der Waals surface area contributed by atoms with Crippen molar-refractivity contribution < 1.29 is 4.74 Å². The molecule has 0 aliphatic carbocycles. The van der Waals surface area contributed by atoms with Crippen LogP contribution in [-0.2, 0) is 19.4 Å². The fourth-order valence-corrected chi connectivity index (χ4v) is 2.20. The van der Waals surface area contributed by atoms with E-state index in [0.29, 0.717) is 5.28 Å². The first kappa shape index (κ1) is 13.9. The van der Waals surface area contributed by atoms with Crippen molar-refractivity contribution in [2.75, 3.05) is 7.11 Å². The quantitative estimate of drug-likeness (QED) is 0.816. The van der Waals surface area contributed by atoms with Gasteiger partial charge < -0.3 is 9.30 Å². The normalized spacial score (nSPS) is 10.7. The van der Waals surface area contributed by atoms with E-state index >= 15 is 0 Å². The summed E-state index contributed by atoms with van der Waals surface area (Å²) in [5.41, 5.74) is 1.24. The molecule has 0 saturated carbocycles. The number of methoxy groups -OCH3 is 1. The Morgan fingerprint density at radius 1 is 1.16 bits per heavy atom. The summed E-state index contributed by atoms with van der Waals surface area (Å²) in [6.45, 7) is 2.92. The van der Waals surface area contributed by atoms with Crippen LogP contribution in [0.1, 0.15) is 24.7 Å². The number of hydrogen-bond acceptors (Lipinski definition) is 3. The van der Waals surface area contributed by atoms with Crippen LogP contribution in [0.2, 0.25) is 5.28 Å². The highest BCUT2D eigenvalue weighted by molar-refractivity contribution is 6.28. The van der Waals surface area contributed by atoms with Crippen molar-refractivity contribution in [3.63, 3.8) is 0 Å². The van der Waals surface area contributed by atoms with Crippen LogP contribution in [0, 0.1) is 0 Å². The van der Waals surface area contributed by atoms with E-state index < -0.39 is 0 Å². The highest BCUT2D eigenvalue weighted by Gasteiger charge is 2.09. The van der Waals surface area contributed by atoms with Crippen molar-refractivity contribution in [3.8, 4) is 5.75 Å². The van der Waals surface area contributed by atoms with Gasteiger partial charge in [0.15, 0.2) is 0 Å². The monoisotopic (exact) mass is 279 g/mol. The number of aryl methyl sites for hydroxylation is 2. The third-order valence-corrected chi connectivity index (χ3v) is 3.32. The highest BCUT2D eigenvalue weighted by Crippen LogP contribution is 2.15. The Hall–Kier alpha value is -1.55. The number of hydrogen-bond donors (Lipinski definition) is 0. The zero-order valence-electron chi connectivity index (χ0n) is 11.3. The van der Waals surface area contributed by atoms with Gasteiger partial charge in [-0.25, -0.2) is 0 Å². The average Bonchev–Trinajstić information content (AvgIpc) is 2.78. The molecule has 1 heterocycles. The van der Waals surface area contributed by atoms with Gasteiger partial charge in [0.05, 0.1) is 7.11 Å². The molecular formula is C14H18ClN3O. The topological polar surface area (TPSA) is 39.9 Å². The number of nitrogens with zero attached hydrogens (tertiary/aromatic N) is 3. The Morgan fingerprint density at radius 3 is 2.53 bits per heavy atom. The number of aromatic nitrogens is 3. The lowest BCUT2D eigenvalue weighted by Gasteiger charge is -2.08. The second-order valence-corrected chi connectivity index (χ2v) is 4.72. The number of ether oxygens (including phenoxy) is 1. The molecule has 0 aliphatic rings. The van der Waals surface area contributed by atoms with Crippen LogP contribution < -0.4 is 4.74 Å². The number of benzene rings is 1. The average molecular weight is 280 g/mol. The molecule has 2 rings (SSSR count). The van der Waals surface area contributed by atoms with E-state index in [4.69, 9.17) is 16.3 Å². The Balaban J connectivity index is 2.03. The summed E-state index contributed by atoms with van der Waals surface area (Å²) in [4.78, 5) is 0. The zero-order valence-corrected chi connectivity index (χ0v) is 12.0. The molecule has 1 aromatic heterocycles. The fraction of sp³-hybridized carbons (Fsp3) is 0.429. The summed E-state index contributed by atoms with van der Waals surface area (Å²) < 4.78 is 7.12. The first-order valence-corrected chi connectivity index (χ1v) is 6.83.